The number of ether oxygens (including phenoxy) is 2. The van der Waals surface area contributed by atoms with Gasteiger partial charge in [0.15, 0.2) is 6.29 Å². The lowest BCUT2D eigenvalue weighted by molar-refractivity contribution is -0.282. The first-order valence-corrected chi connectivity index (χ1v) is 10.2. The summed E-state index contributed by atoms with van der Waals surface area (Å²) >= 11 is 0. The average Bonchev–Trinajstić information content (AvgIpc) is 2.67. The van der Waals surface area contributed by atoms with Crippen LogP contribution >= 0.6 is 0 Å². The number of aliphatic hydroxyl groups excluding tert-OH is 3. The van der Waals surface area contributed by atoms with Gasteiger partial charge in [-0.25, -0.2) is 0 Å². The van der Waals surface area contributed by atoms with Crippen molar-refractivity contribution in [2.24, 2.45) is 5.92 Å². The predicted molar refractivity (Wildman–Crippen MR) is 102 cm³/mol. The van der Waals surface area contributed by atoms with E-state index in [4.69, 9.17) is 9.47 Å². The smallest absolute Gasteiger partial charge is 0.219 e. The van der Waals surface area contributed by atoms with Crippen LogP contribution in [0, 0.1) is 5.92 Å². The molecule has 0 aromatic rings. The number of hydrogen-bond acceptors (Lipinski definition) is 7. The second-order valence-corrected chi connectivity index (χ2v) is 7.20. The molecule has 0 radical (unpaired) electrons. The fourth-order valence-corrected chi connectivity index (χ4v) is 2.95. The van der Waals surface area contributed by atoms with Crippen LogP contribution in [0.4, 0.5) is 0 Å². The number of unbranched alkanes of at least 4 members (excludes halogenated alkanes) is 1. The zero-order valence-corrected chi connectivity index (χ0v) is 16.9. The van der Waals surface area contributed by atoms with Crippen LogP contribution in [-0.2, 0) is 19.1 Å². The number of aliphatic hydroxyl groups is 3. The highest BCUT2D eigenvalue weighted by atomic mass is 16.7. The number of amides is 2. The highest BCUT2D eigenvalue weighted by Gasteiger charge is 2.42. The van der Waals surface area contributed by atoms with Crippen molar-refractivity contribution in [3.05, 3.63) is 0 Å². The Bertz CT molecular complexity index is 462. The molecule has 1 heterocycles. The Morgan fingerprint density at radius 1 is 1.00 bits per heavy atom. The first-order chi connectivity index (χ1) is 13.4. The molecule has 0 aliphatic carbocycles. The van der Waals surface area contributed by atoms with E-state index in [9.17, 15) is 24.9 Å². The van der Waals surface area contributed by atoms with Crippen molar-refractivity contribution >= 4 is 11.8 Å². The van der Waals surface area contributed by atoms with Crippen molar-refractivity contribution in [1.82, 2.24) is 10.6 Å². The predicted octanol–water partition coefficient (Wildman–Crippen LogP) is -0.329. The molecule has 5 unspecified atom stereocenters. The van der Waals surface area contributed by atoms with Crippen molar-refractivity contribution < 1.29 is 34.4 Å². The topological polar surface area (TPSA) is 137 Å². The molecule has 5 atom stereocenters. The van der Waals surface area contributed by atoms with E-state index in [1.807, 2.05) is 6.92 Å². The van der Waals surface area contributed by atoms with Crippen LogP contribution in [0.3, 0.4) is 0 Å². The van der Waals surface area contributed by atoms with Gasteiger partial charge in [-0.05, 0) is 25.7 Å². The number of hydrogen-bond donors (Lipinski definition) is 5. The monoisotopic (exact) mass is 404 g/mol. The number of carbonyl (C=O) groups excluding carboxylic acids is 2. The zero-order chi connectivity index (χ0) is 20.9. The first kappa shape index (κ1) is 24.8. The largest absolute Gasteiger partial charge is 0.394 e. The molecule has 28 heavy (non-hydrogen) atoms. The van der Waals surface area contributed by atoms with Crippen LogP contribution in [0.5, 0.6) is 0 Å². The van der Waals surface area contributed by atoms with Gasteiger partial charge < -0.3 is 35.4 Å². The van der Waals surface area contributed by atoms with Crippen molar-refractivity contribution in [3.63, 3.8) is 0 Å². The van der Waals surface area contributed by atoms with Crippen LogP contribution in [0.25, 0.3) is 0 Å². The maximum atomic E-state index is 11.8. The summed E-state index contributed by atoms with van der Waals surface area (Å²) < 4.78 is 11.1. The van der Waals surface area contributed by atoms with Gasteiger partial charge in [0.05, 0.1) is 12.7 Å². The second-order valence-electron chi connectivity index (χ2n) is 7.20. The maximum absolute atomic E-state index is 11.8. The van der Waals surface area contributed by atoms with E-state index >= 15 is 0 Å². The molecule has 1 rings (SSSR count). The lowest BCUT2D eigenvalue weighted by Gasteiger charge is -2.40. The molecule has 9 heteroatoms. The summed E-state index contributed by atoms with van der Waals surface area (Å²) in [6.45, 7) is 4.71. The highest BCUT2D eigenvalue weighted by Crippen LogP contribution is 2.26. The Kier molecular flexibility index (Phi) is 12.2. The molecule has 0 spiro atoms. The summed E-state index contributed by atoms with van der Waals surface area (Å²) in [5.74, 6) is -0.419. The van der Waals surface area contributed by atoms with Gasteiger partial charge >= 0.3 is 0 Å². The minimum atomic E-state index is -1.14. The van der Waals surface area contributed by atoms with Crippen LogP contribution in [0.1, 0.15) is 52.4 Å². The molecule has 1 fully saturated rings. The van der Waals surface area contributed by atoms with E-state index in [1.54, 1.807) is 6.92 Å². The van der Waals surface area contributed by atoms with Gasteiger partial charge in [0, 0.05) is 38.5 Å². The van der Waals surface area contributed by atoms with Crippen LogP contribution in [-0.4, -0.2) is 78.0 Å². The van der Waals surface area contributed by atoms with Crippen molar-refractivity contribution in [2.75, 3.05) is 26.3 Å². The van der Waals surface area contributed by atoms with E-state index in [-0.39, 0.29) is 11.8 Å². The van der Waals surface area contributed by atoms with Crippen LogP contribution < -0.4 is 10.6 Å². The molecule has 164 valence electrons. The fraction of sp³-hybridized carbons (Fsp3) is 0.895. The molecular weight excluding hydrogens is 368 g/mol. The molecule has 9 nitrogen and oxygen atoms in total. The fourth-order valence-electron chi connectivity index (χ4n) is 2.95. The molecule has 0 bridgehead atoms. The van der Waals surface area contributed by atoms with E-state index < -0.39 is 37.1 Å². The summed E-state index contributed by atoms with van der Waals surface area (Å²) in [6, 6.07) is 0. The van der Waals surface area contributed by atoms with E-state index in [2.05, 4.69) is 10.6 Å². The third kappa shape index (κ3) is 8.83. The Morgan fingerprint density at radius 2 is 1.64 bits per heavy atom. The first-order valence-electron chi connectivity index (χ1n) is 10.2. The average molecular weight is 405 g/mol. The molecule has 2 amide bonds. The molecule has 1 aliphatic rings. The number of nitrogens with one attached hydrogen (secondary N) is 2. The van der Waals surface area contributed by atoms with E-state index in [0.29, 0.717) is 51.8 Å². The third-order valence-electron chi connectivity index (χ3n) is 4.74. The van der Waals surface area contributed by atoms with Gasteiger partial charge in [-0.1, -0.05) is 13.8 Å². The van der Waals surface area contributed by atoms with Crippen LogP contribution in [0.2, 0.25) is 0 Å². The zero-order valence-electron chi connectivity index (χ0n) is 16.9. The Hall–Kier alpha value is -1.26. The SMILES string of the molecule is CCCC(=O)NCCCNC(=O)CCCCOC1OC(CO)C(O)C(O)C1C. The quantitative estimate of drug-likeness (QED) is 0.265. The third-order valence-corrected chi connectivity index (χ3v) is 4.74. The minimum absolute atomic E-state index is 0.0393. The van der Waals surface area contributed by atoms with E-state index in [0.717, 1.165) is 6.42 Å². The van der Waals surface area contributed by atoms with Gasteiger partial charge in [-0.15, -0.1) is 0 Å². The van der Waals surface area contributed by atoms with Crippen molar-refractivity contribution in [1.29, 1.82) is 0 Å². The van der Waals surface area contributed by atoms with Crippen molar-refractivity contribution in [2.45, 2.75) is 77.0 Å². The standard InChI is InChI=1S/C19H36N2O7/c1-3-7-15(23)20-9-6-10-21-16(24)8-4-5-11-27-19-13(2)17(25)18(26)14(12-22)28-19/h13-14,17-19,22,25-26H,3-12H2,1-2H3,(H,20,23)(H,21,24). The highest BCUT2D eigenvalue weighted by molar-refractivity contribution is 5.76. The summed E-state index contributed by atoms with van der Waals surface area (Å²) in [5.41, 5.74) is 0. The van der Waals surface area contributed by atoms with Gasteiger partial charge in [-0.3, -0.25) is 9.59 Å². The Labute approximate surface area is 166 Å². The van der Waals surface area contributed by atoms with E-state index in [1.165, 1.54) is 0 Å². The molecule has 0 aromatic carbocycles. The lowest BCUT2D eigenvalue weighted by atomic mass is 9.92. The minimum Gasteiger partial charge on any atom is -0.394 e. The molecule has 1 aliphatic heterocycles. The summed E-state index contributed by atoms with van der Waals surface area (Å²) in [5, 5.41) is 34.6. The summed E-state index contributed by atoms with van der Waals surface area (Å²) in [4.78, 5) is 23.1. The molecule has 1 saturated heterocycles. The molecule has 0 aromatic heterocycles. The number of rotatable bonds is 13. The normalized spacial score (nSPS) is 27.4. The second kappa shape index (κ2) is 13.8. The Balaban J connectivity index is 2.07. The maximum Gasteiger partial charge on any atom is 0.219 e. The van der Waals surface area contributed by atoms with Gasteiger partial charge in [0.2, 0.25) is 11.8 Å². The molecule has 0 saturated carbocycles. The summed E-state index contributed by atoms with van der Waals surface area (Å²) in [6.07, 6.45) is -0.00102. The van der Waals surface area contributed by atoms with Gasteiger partial charge in [0.25, 0.3) is 0 Å². The molecular formula is C19H36N2O7. The molecule has 5 N–H and O–H groups in total. The van der Waals surface area contributed by atoms with Crippen LogP contribution in [0.15, 0.2) is 0 Å². The van der Waals surface area contributed by atoms with Gasteiger partial charge in [-0.2, -0.15) is 0 Å². The number of carbonyl (C=O) groups is 2. The Morgan fingerprint density at radius 3 is 2.25 bits per heavy atom. The summed E-state index contributed by atoms with van der Waals surface area (Å²) in [7, 11) is 0. The lowest BCUT2D eigenvalue weighted by Crippen LogP contribution is -2.55. The van der Waals surface area contributed by atoms with Gasteiger partial charge in [0.1, 0.15) is 12.2 Å². The van der Waals surface area contributed by atoms with Crippen molar-refractivity contribution in [3.8, 4) is 0 Å².